The highest BCUT2D eigenvalue weighted by molar-refractivity contribution is 6.48. The topological polar surface area (TPSA) is 99.6 Å². The van der Waals surface area contributed by atoms with Gasteiger partial charge in [0.15, 0.2) is 0 Å². The predicted molar refractivity (Wildman–Crippen MR) is 123 cm³/mol. The van der Waals surface area contributed by atoms with Gasteiger partial charge in [-0.05, 0) is 68.4 Å². The van der Waals surface area contributed by atoms with Gasteiger partial charge in [0.05, 0.1) is 23.7 Å². The van der Waals surface area contributed by atoms with Crippen molar-refractivity contribution < 1.29 is 14.1 Å². The Balaban J connectivity index is 1.48. The minimum Gasteiger partial charge on any atom is -0.404 e. The van der Waals surface area contributed by atoms with E-state index < -0.39 is 13.2 Å². The van der Waals surface area contributed by atoms with E-state index in [1.54, 1.807) is 0 Å². The lowest BCUT2D eigenvalue weighted by molar-refractivity contribution is -0.199. The van der Waals surface area contributed by atoms with Crippen molar-refractivity contribution in [3.05, 3.63) is 35.9 Å². The monoisotopic (exact) mass is 427 g/mol. The number of unbranched alkanes of at least 4 members (excludes halogenated alkanes) is 1. The van der Waals surface area contributed by atoms with Crippen molar-refractivity contribution >= 4 is 13.0 Å². The second-order valence-corrected chi connectivity index (χ2v) is 10.5. The van der Waals surface area contributed by atoms with Gasteiger partial charge in [-0.2, -0.15) is 0 Å². The number of rotatable bonds is 9. The quantitative estimate of drug-likeness (QED) is 0.415. The highest BCUT2D eigenvalue weighted by Gasteiger charge is 2.68. The smallest absolute Gasteiger partial charge is 0.404 e. The second kappa shape index (κ2) is 8.85. The van der Waals surface area contributed by atoms with Gasteiger partial charge in [0, 0.05) is 0 Å². The summed E-state index contributed by atoms with van der Waals surface area (Å²) in [7, 11) is -0.467. The van der Waals surface area contributed by atoms with Crippen LogP contribution in [0.3, 0.4) is 0 Å². The van der Waals surface area contributed by atoms with Gasteiger partial charge < -0.3 is 26.1 Å². The van der Waals surface area contributed by atoms with Crippen LogP contribution in [-0.4, -0.2) is 43.3 Å². The van der Waals surface area contributed by atoms with Gasteiger partial charge in [0.25, 0.3) is 0 Å². The first kappa shape index (κ1) is 22.8. The van der Waals surface area contributed by atoms with Crippen molar-refractivity contribution in [3.63, 3.8) is 0 Å². The van der Waals surface area contributed by atoms with Gasteiger partial charge >= 0.3 is 7.12 Å². The molecule has 5 rings (SSSR count). The lowest BCUT2D eigenvalue weighted by Gasteiger charge is -2.64. The molecule has 170 valence electrons. The number of nitrogens with one attached hydrogen (secondary N) is 1. The second-order valence-electron chi connectivity index (χ2n) is 10.5. The highest BCUT2D eigenvalue weighted by Crippen LogP contribution is 2.65. The van der Waals surface area contributed by atoms with E-state index in [2.05, 4.69) is 38.2 Å². The van der Waals surface area contributed by atoms with E-state index in [1.807, 2.05) is 18.2 Å². The third-order valence-corrected chi connectivity index (χ3v) is 8.23. The van der Waals surface area contributed by atoms with Crippen molar-refractivity contribution in [1.29, 1.82) is 0 Å². The summed E-state index contributed by atoms with van der Waals surface area (Å²) in [6, 6.07) is 9.63. The molecule has 2 bridgehead atoms. The molecule has 0 aromatic heterocycles. The van der Waals surface area contributed by atoms with Crippen LogP contribution in [0.5, 0.6) is 0 Å². The SMILES string of the molecule is CC1(C)[C@H]2C[C@@H]3OB([C@H](Cc4ccccc4)NC(=O)[C@@H](N)CCCCN)O[C@]3(C)[C@@H]1C2. The molecule has 1 amide bonds. The Bertz CT molecular complexity index is 777. The average molecular weight is 427 g/mol. The standard InChI is InChI=1S/C24H38BN3O3/c1-23(2)17-14-19(23)24(3)20(15-17)30-25(31-24)21(13-16-9-5-4-6-10-16)28-22(29)18(27)11-7-8-12-26/h4-6,9-10,17-21H,7-8,11-15,26-27H2,1-3H3,(H,28,29)/t17-,18+,19-,20+,21+,24-/m1/s1. The van der Waals surface area contributed by atoms with E-state index in [-0.39, 0.29) is 29.0 Å². The number of hydrogen-bond donors (Lipinski definition) is 3. The Morgan fingerprint density at radius 2 is 1.97 bits per heavy atom. The Morgan fingerprint density at radius 3 is 2.65 bits per heavy atom. The summed E-state index contributed by atoms with van der Waals surface area (Å²) in [6.45, 7) is 7.54. The first-order valence-electron chi connectivity index (χ1n) is 11.9. The summed E-state index contributed by atoms with van der Waals surface area (Å²) in [4.78, 5) is 12.9. The molecule has 1 aliphatic heterocycles. The van der Waals surface area contributed by atoms with E-state index >= 15 is 0 Å². The van der Waals surface area contributed by atoms with Crippen LogP contribution >= 0.6 is 0 Å². The number of carbonyl (C=O) groups is 1. The average Bonchev–Trinajstić information content (AvgIpc) is 3.11. The van der Waals surface area contributed by atoms with Crippen LogP contribution in [0.25, 0.3) is 0 Å². The van der Waals surface area contributed by atoms with Crippen LogP contribution in [0.15, 0.2) is 30.3 Å². The van der Waals surface area contributed by atoms with Crippen LogP contribution in [0.1, 0.15) is 58.4 Å². The van der Waals surface area contributed by atoms with Gasteiger partial charge in [-0.15, -0.1) is 0 Å². The Labute approximate surface area is 186 Å². The maximum atomic E-state index is 12.9. The zero-order chi connectivity index (χ0) is 22.2. The summed E-state index contributed by atoms with van der Waals surface area (Å²) in [5.74, 6) is 0.754. The van der Waals surface area contributed by atoms with Gasteiger partial charge in [-0.25, -0.2) is 0 Å². The highest BCUT2D eigenvalue weighted by atomic mass is 16.7. The lowest BCUT2D eigenvalue weighted by Crippen LogP contribution is -2.65. The van der Waals surface area contributed by atoms with Crippen LogP contribution < -0.4 is 16.8 Å². The minimum absolute atomic E-state index is 0.0858. The summed E-state index contributed by atoms with van der Waals surface area (Å²) < 4.78 is 13.1. The van der Waals surface area contributed by atoms with E-state index in [0.717, 1.165) is 24.8 Å². The Kier molecular flexibility index (Phi) is 6.50. The molecule has 1 aromatic carbocycles. The molecule has 1 heterocycles. The molecule has 5 N–H and O–H groups in total. The van der Waals surface area contributed by atoms with Crippen LogP contribution in [0.4, 0.5) is 0 Å². The minimum atomic E-state index is -0.546. The van der Waals surface area contributed by atoms with Gasteiger partial charge in [-0.1, -0.05) is 50.6 Å². The van der Waals surface area contributed by atoms with Crippen molar-refractivity contribution in [1.82, 2.24) is 5.32 Å². The first-order chi connectivity index (χ1) is 14.8. The van der Waals surface area contributed by atoms with Crippen molar-refractivity contribution in [2.24, 2.45) is 28.7 Å². The van der Waals surface area contributed by atoms with Crippen LogP contribution in [0, 0.1) is 17.3 Å². The normalized spacial score (nSPS) is 32.7. The predicted octanol–water partition coefficient (Wildman–Crippen LogP) is 2.44. The fraction of sp³-hybridized carbons (Fsp3) is 0.708. The summed E-state index contributed by atoms with van der Waals surface area (Å²) in [5.41, 5.74) is 12.9. The Hall–Kier alpha value is -1.41. The first-order valence-corrected chi connectivity index (χ1v) is 11.9. The van der Waals surface area contributed by atoms with Gasteiger partial charge in [0.2, 0.25) is 5.91 Å². The van der Waals surface area contributed by atoms with Crippen molar-refractivity contribution in [3.8, 4) is 0 Å². The van der Waals surface area contributed by atoms with E-state index in [1.165, 1.54) is 6.42 Å². The van der Waals surface area contributed by atoms with Crippen LogP contribution in [-0.2, 0) is 20.5 Å². The van der Waals surface area contributed by atoms with Crippen molar-refractivity contribution in [2.75, 3.05) is 6.54 Å². The molecule has 6 atom stereocenters. The van der Waals surface area contributed by atoms with E-state index in [0.29, 0.717) is 31.2 Å². The fourth-order valence-electron chi connectivity index (χ4n) is 6.08. The Morgan fingerprint density at radius 1 is 1.23 bits per heavy atom. The van der Waals surface area contributed by atoms with Crippen molar-refractivity contribution in [2.45, 2.75) is 83.0 Å². The summed E-state index contributed by atoms with van der Waals surface area (Å²) in [5, 5.41) is 3.17. The number of benzene rings is 1. The molecule has 3 aliphatic carbocycles. The molecule has 0 radical (unpaired) electrons. The van der Waals surface area contributed by atoms with Gasteiger partial charge in [-0.3, -0.25) is 4.79 Å². The van der Waals surface area contributed by atoms with Crippen LogP contribution in [0.2, 0.25) is 0 Å². The largest absolute Gasteiger partial charge is 0.482 e. The van der Waals surface area contributed by atoms with Gasteiger partial charge in [0.1, 0.15) is 0 Å². The molecule has 0 unspecified atom stereocenters. The summed E-state index contributed by atoms with van der Waals surface area (Å²) in [6.07, 6.45) is 5.32. The molecular formula is C24H38BN3O3. The number of nitrogens with two attached hydrogens (primary N) is 2. The molecule has 7 heteroatoms. The third kappa shape index (κ3) is 4.30. The fourth-order valence-corrected chi connectivity index (χ4v) is 6.08. The zero-order valence-corrected chi connectivity index (χ0v) is 19.2. The molecule has 1 aromatic rings. The molecule has 0 spiro atoms. The molecule has 4 aliphatic rings. The lowest BCUT2D eigenvalue weighted by atomic mass is 9.43. The van der Waals surface area contributed by atoms with E-state index in [9.17, 15) is 4.79 Å². The maximum absolute atomic E-state index is 12.9. The molecule has 4 fully saturated rings. The molecular weight excluding hydrogens is 389 g/mol. The molecule has 3 saturated carbocycles. The molecule has 6 nitrogen and oxygen atoms in total. The molecule has 31 heavy (non-hydrogen) atoms. The number of carbonyl (C=O) groups excluding carboxylic acids is 1. The zero-order valence-electron chi connectivity index (χ0n) is 19.2. The van der Waals surface area contributed by atoms with E-state index in [4.69, 9.17) is 20.8 Å². The maximum Gasteiger partial charge on any atom is 0.482 e. The number of hydrogen-bond acceptors (Lipinski definition) is 5. The summed E-state index contributed by atoms with van der Waals surface area (Å²) >= 11 is 0. The number of amides is 1. The molecule has 1 saturated heterocycles. The third-order valence-electron chi connectivity index (χ3n) is 8.23.